The van der Waals surface area contributed by atoms with Gasteiger partial charge in [-0.1, -0.05) is 19.9 Å². The quantitative estimate of drug-likeness (QED) is 0.437. The van der Waals surface area contributed by atoms with Crippen LogP contribution in [0.15, 0.2) is 18.2 Å². The van der Waals surface area contributed by atoms with Crippen LogP contribution < -0.4 is 11.1 Å². The fraction of sp³-hybridized carbons (Fsp3) is 0.357. The Labute approximate surface area is 112 Å². The van der Waals surface area contributed by atoms with Gasteiger partial charge in [-0.25, -0.2) is 0 Å². The van der Waals surface area contributed by atoms with Crippen molar-refractivity contribution in [1.29, 1.82) is 5.41 Å². The van der Waals surface area contributed by atoms with E-state index in [1.54, 1.807) is 18.2 Å². The Hall–Kier alpha value is -2.17. The Kier molecular flexibility index (Phi) is 4.80. The molecule has 0 aliphatic heterocycles. The molecule has 0 radical (unpaired) electrons. The van der Waals surface area contributed by atoms with Crippen molar-refractivity contribution >= 4 is 17.6 Å². The second-order valence-electron chi connectivity index (χ2n) is 4.89. The van der Waals surface area contributed by atoms with Crippen molar-refractivity contribution in [3.63, 3.8) is 0 Å². The SMILES string of the molecule is CC(=O)c1cc(C(=O)NC(=N)N)ccc1CC(C)C. The van der Waals surface area contributed by atoms with Crippen LogP contribution in [-0.4, -0.2) is 17.6 Å². The third kappa shape index (κ3) is 4.21. The summed E-state index contributed by atoms with van der Waals surface area (Å²) in [5, 5.41) is 9.22. The molecule has 5 heteroatoms. The zero-order valence-electron chi connectivity index (χ0n) is 11.4. The van der Waals surface area contributed by atoms with Gasteiger partial charge in [-0.05, 0) is 37.0 Å². The minimum atomic E-state index is -0.480. The number of benzene rings is 1. The highest BCUT2D eigenvalue weighted by Crippen LogP contribution is 2.17. The van der Waals surface area contributed by atoms with Crippen molar-refractivity contribution in [2.45, 2.75) is 27.2 Å². The van der Waals surface area contributed by atoms with Gasteiger partial charge in [0.15, 0.2) is 11.7 Å². The number of amides is 1. The van der Waals surface area contributed by atoms with Crippen LogP contribution in [0, 0.1) is 11.3 Å². The molecule has 0 spiro atoms. The zero-order chi connectivity index (χ0) is 14.6. The van der Waals surface area contributed by atoms with Gasteiger partial charge in [0, 0.05) is 11.1 Å². The Morgan fingerprint density at radius 2 is 2.00 bits per heavy atom. The summed E-state index contributed by atoms with van der Waals surface area (Å²) in [6, 6.07) is 4.98. The van der Waals surface area contributed by atoms with E-state index in [0.29, 0.717) is 17.0 Å². The molecule has 4 N–H and O–H groups in total. The molecule has 0 unspecified atom stereocenters. The highest BCUT2D eigenvalue weighted by Gasteiger charge is 2.13. The van der Waals surface area contributed by atoms with Crippen molar-refractivity contribution in [3.05, 3.63) is 34.9 Å². The first-order valence-corrected chi connectivity index (χ1v) is 6.10. The molecule has 5 nitrogen and oxygen atoms in total. The van der Waals surface area contributed by atoms with Crippen LogP contribution in [-0.2, 0) is 6.42 Å². The monoisotopic (exact) mass is 261 g/mol. The Morgan fingerprint density at radius 1 is 1.37 bits per heavy atom. The molecule has 0 bridgehead atoms. The minimum Gasteiger partial charge on any atom is -0.370 e. The molecule has 0 aliphatic carbocycles. The number of nitrogens with one attached hydrogen (secondary N) is 2. The predicted molar refractivity (Wildman–Crippen MR) is 74.4 cm³/mol. The van der Waals surface area contributed by atoms with Crippen LogP contribution in [0.4, 0.5) is 0 Å². The lowest BCUT2D eigenvalue weighted by atomic mass is 9.94. The lowest BCUT2D eigenvalue weighted by Crippen LogP contribution is -2.35. The molecular weight excluding hydrogens is 242 g/mol. The van der Waals surface area contributed by atoms with Crippen molar-refractivity contribution in [3.8, 4) is 0 Å². The van der Waals surface area contributed by atoms with Gasteiger partial charge in [0.2, 0.25) is 0 Å². The number of hydrogen-bond acceptors (Lipinski definition) is 3. The van der Waals surface area contributed by atoms with E-state index in [1.807, 2.05) is 0 Å². The van der Waals surface area contributed by atoms with E-state index in [9.17, 15) is 9.59 Å². The first kappa shape index (κ1) is 14.9. The summed E-state index contributed by atoms with van der Waals surface area (Å²) in [7, 11) is 0. The number of carbonyl (C=O) groups is 2. The average molecular weight is 261 g/mol. The fourth-order valence-corrected chi connectivity index (χ4v) is 1.86. The number of rotatable bonds is 4. The van der Waals surface area contributed by atoms with Gasteiger partial charge >= 0.3 is 0 Å². The summed E-state index contributed by atoms with van der Waals surface area (Å²) in [5.41, 5.74) is 6.91. The summed E-state index contributed by atoms with van der Waals surface area (Å²) >= 11 is 0. The van der Waals surface area contributed by atoms with Gasteiger partial charge in [-0.15, -0.1) is 0 Å². The van der Waals surface area contributed by atoms with E-state index in [4.69, 9.17) is 11.1 Å². The van der Waals surface area contributed by atoms with E-state index in [1.165, 1.54) is 6.92 Å². The molecule has 0 aromatic heterocycles. The summed E-state index contributed by atoms with van der Waals surface area (Å²) in [6.07, 6.45) is 0.781. The Balaban J connectivity index is 3.12. The maximum absolute atomic E-state index is 11.7. The molecule has 0 saturated carbocycles. The van der Waals surface area contributed by atoms with Crippen LogP contribution in [0.1, 0.15) is 47.1 Å². The van der Waals surface area contributed by atoms with Gasteiger partial charge < -0.3 is 5.73 Å². The number of nitrogens with two attached hydrogens (primary N) is 1. The summed E-state index contributed by atoms with van der Waals surface area (Å²) in [4.78, 5) is 23.4. The number of ketones is 1. The molecule has 0 atom stereocenters. The molecule has 1 amide bonds. The third-order valence-corrected chi connectivity index (χ3v) is 2.63. The van der Waals surface area contributed by atoms with Crippen molar-refractivity contribution in [2.24, 2.45) is 11.7 Å². The minimum absolute atomic E-state index is 0.0758. The van der Waals surface area contributed by atoms with Crippen molar-refractivity contribution in [2.75, 3.05) is 0 Å². The number of hydrogen-bond donors (Lipinski definition) is 3. The fourth-order valence-electron chi connectivity index (χ4n) is 1.86. The Morgan fingerprint density at radius 3 is 2.47 bits per heavy atom. The predicted octanol–water partition coefficient (Wildman–Crippen LogP) is 1.71. The summed E-state index contributed by atoms with van der Waals surface area (Å²) in [6.45, 7) is 5.62. The lowest BCUT2D eigenvalue weighted by Gasteiger charge is -2.11. The van der Waals surface area contributed by atoms with E-state index >= 15 is 0 Å². The van der Waals surface area contributed by atoms with Crippen molar-refractivity contribution < 1.29 is 9.59 Å². The molecule has 0 heterocycles. The molecule has 0 saturated heterocycles. The normalized spacial score (nSPS) is 10.3. The van der Waals surface area contributed by atoms with Crippen LogP contribution in [0.2, 0.25) is 0 Å². The number of guanidine groups is 1. The van der Waals surface area contributed by atoms with E-state index in [2.05, 4.69) is 19.2 Å². The van der Waals surface area contributed by atoms with Gasteiger partial charge in [0.1, 0.15) is 0 Å². The van der Waals surface area contributed by atoms with E-state index in [0.717, 1.165) is 12.0 Å². The number of Topliss-reactive ketones (excluding diaryl/α,β-unsaturated/α-hetero) is 1. The molecule has 1 aromatic rings. The summed E-state index contributed by atoms with van der Waals surface area (Å²) < 4.78 is 0. The Bertz CT molecular complexity index is 521. The third-order valence-electron chi connectivity index (χ3n) is 2.63. The molecule has 19 heavy (non-hydrogen) atoms. The maximum Gasteiger partial charge on any atom is 0.257 e. The second-order valence-corrected chi connectivity index (χ2v) is 4.89. The first-order chi connectivity index (χ1) is 8.81. The molecule has 0 aliphatic rings. The molecular formula is C14H19N3O2. The maximum atomic E-state index is 11.7. The van der Waals surface area contributed by atoms with Gasteiger partial charge in [0.05, 0.1) is 0 Å². The molecule has 1 aromatic carbocycles. The molecule has 1 rings (SSSR count). The van der Waals surface area contributed by atoms with Crippen LogP contribution in [0.25, 0.3) is 0 Å². The van der Waals surface area contributed by atoms with E-state index in [-0.39, 0.29) is 5.78 Å². The van der Waals surface area contributed by atoms with E-state index < -0.39 is 11.9 Å². The smallest absolute Gasteiger partial charge is 0.257 e. The largest absolute Gasteiger partial charge is 0.370 e. The number of carbonyl (C=O) groups excluding carboxylic acids is 2. The second kappa shape index (κ2) is 6.13. The zero-order valence-corrected chi connectivity index (χ0v) is 11.4. The summed E-state index contributed by atoms with van der Waals surface area (Å²) in [5.74, 6) is -0.546. The molecule has 0 fully saturated rings. The van der Waals surface area contributed by atoms with Gasteiger partial charge in [-0.2, -0.15) is 0 Å². The van der Waals surface area contributed by atoms with Crippen LogP contribution in [0.5, 0.6) is 0 Å². The standard InChI is InChI=1S/C14H19N3O2/c1-8(2)6-10-4-5-11(7-12(10)9(3)18)13(19)17-14(15)16/h4-5,7-8H,6H2,1-3H3,(H4,15,16,17,19). The van der Waals surface area contributed by atoms with Crippen LogP contribution in [0.3, 0.4) is 0 Å². The molecule has 102 valence electrons. The van der Waals surface area contributed by atoms with Gasteiger partial charge in [0.25, 0.3) is 5.91 Å². The van der Waals surface area contributed by atoms with Gasteiger partial charge in [-0.3, -0.25) is 20.3 Å². The highest BCUT2D eigenvalue weighted by molar-refractivity contribution is 6.06. The van der Waals surface area contributed by atoms with Crippen molar-refractivity contribution in [1.82, 2.24) is 5.32 Å². The highest BCUT2D eigenvalue weighted by atomic mass is 16.1. The first-order valence-electron chi connectivity index (χ1n) is 6.10. The topological polar surface area (TPSA) is 96.0 Å². The van der Waals surface area contributed by atoms with Crippen LogP contribution >= 0.6 is 0 Å². The average Bonchev–Trinajstić information content (AvgIpc) is 2.27. The lowest BCUT2D eigenvalue weighted by molar-refractivity contribution is 0.0976.